The standard InChI is InChI=1S/C18H23NO3/c1-2-3-4-7-12-19-18(20)9-6-5-8-15-10-11-16-17(13-15)22-14-21-16/h5-6,8-11,13H,2-4,7,12,14H2,1H3,(H,19,20)/b8-5+,9-6+. The molecule has 0 fully saturated rings. The van der Waals surface area contributed by atoms with E-state index in [4.69, 9.17) is 9.47 Å². The van der Waals surface area contributed by atoms with Crippen molar-refractivity contribution in [3.8, 4) is 11.5 Å². The van der Waals surface area contributed by atoms with E-state index in [1.807, 2.05) is 30.4 Å². The van der Waals surface area contributed by atoms with Crippen molar-refractivity contribution in [1.29, 1.82) is 0 Å². The van der Waals surface area contributed by atoms with Gasteiger partial charge in [-0.3, -0.25) is 4.79 Å². The van der Waals surface area contributed by atoms with E-state index in [0.29, 0.717) is 0 Å². The van der Waals surface area contributed by atoms with Crippen LogP contribution in [0.25, 0.3) is 6.08 Å². The van der Waals surface area contributed by atoms with Crippen LogP contribution in [-0.2, 0) is 4.79 Å². The molecule has 1 heterocycles. The Labute approximate surface area is 131 Å². The number of hydrogen-bond acceptors (Lipinski definition) is 3. The van der Waals surface area contributed by atoms with Crippen molar-refractivity contribution in [3.63, 3.8) is 0 Å². The summed E-state index contributed by atoms with van der Waals surface area (Å²) in [5.74, 6) is 1.48. The number of hydrogen-bond donors (Lipinski definition) is 1. The van der Waals surface area contributed by atoms with Crippen molar-refractivity contribution in [3.05, 3.63) is 42.0 Å². The Morgan fingerprint density at radius 2 is 2.05 bits per heavy atom. The first-order valence-corrected chi connectivity index (χ1v) is 7.82. The lowest BCUT2D eigenvalue weighted by molar-refractivity contribution is -0.116. The average molecular weight is 301 g/mol. The number of benzene rings is 1. The van der Waals surface area contributed by atoms with Crippen molar-refractivity contribution < 1.29 is 14.3 Å². The van der Waals surface area contributed by atoms with Crippen molar-refractivity contribution in [1.82, 2.24) is 5.32 Å². The molecule has 22 heavy (non-hydrogen) atoms. The van der Waals surface area contributed by atoms with E-state index < -0.39 is 0 Å². The zero-order chi connectivity index (χ0) is 15.6. The molecule has 0 aromatic heterocycles. The summed E-state index contributed by atoms with van der Waals surface area (Å²) < 4.78 is 10.6. The Morgan fingerprint density at radius 3 is 2.91 bits per heavy atom. The lowest BCUT2D eigenvalue weighted by Gasteiger charge is -2.00. The molecule has 1 aromatic rings. The molecular formula is C18H23NO3. The van der Waals surface area contributed by atoms with Crippen LogP contribution in [0.5, 0.6) is 11.5 Å². The summed E-state index contributed by atoms with van der Waals surface area (Å²) in [6.07, 6.45) is 11.7. The van der Waals surface area contributed by atoms with Crippen LogP contribution >= 0.6 is 0 Å². The molecule has 4 nitrogen and oxygen atoms in total. The maximum absolute atomic E-state index is 11.6. The van der Waals surface area contributed by atoms with Crippen LogP contribution in [0.15, 0.2) is 36.4 Å². The van der Waals surface area contributed by atoms with Gasteiger partial charge >= 0.3 is 0 Å². The molecule has 1 N–H and O–H groups in total. The van der Waals surface area contributed by atoms with E-state index in [1.54, 1.807) is 12.2 Å². The third-order valence-electron chi connectivity index (χ3n) is 3.37. The number of amides is 1. The quantitative estimate of drug-likeness (QED) is 0.452. The molecule has 1 aliphatic heterocycles. The van der Waals surface area contributed by atoms with Crippen molar-refractivity contribution in [2.75, 3.05) is 13.3 Å². The van der Waals surface area contributed by atoms with E-state index in [1.165, 1.54) is 19.3 Å². The number of carbonyl (C=O) groups is 1. The molecule has 0 atom stereocenters. The lowest BCUT2D eigenvalue weighted by Crippen LogP contribution is -2.21. The van der Waals surface area contributed by atoms with Crippen LogP contribution < -0.4 is 14.8 Å². The van der Waals surface area contributed by atoms with Crippen LogP contribution in [0.4, 0.5) is 0 Å². The Morgan fingerprint density at radius 1 is 1.18 bits per heavy atom. The third kappa shape index (κ3) is 5.28. The molecule has 0 radical (unpaired) electrons. The summed E-state index contributed by atoms with van der Waals surface area (Å²) in [5.41, 5.74) is 1.01. The van der Waals surface area contributed by atoms with Crippen LogP contribution in [0.2, 0.25) is 0 Å². The van der Waals surface area contributed by atoms with Gasteiger partial charge in [0.05, 0.1) is 0 Å². The number of unbranched alkanes of at least 4 members (excludes halogenated alkanes) is 3. The monoisotopic (exact) mass is 301 g/mol. The van der Waals surface area contributed by atoms with Gasteiger partial charge in [-0.25, -0.2) is 0 Å². The first-order chi connectivity index (χ1) is 10.8. The summed E-state index contributed by atoms with van der Waals surface area (Å²) in [7, 11) is 0. The zero-order valence-corrected chi connectivity index (χ0v) is 13.0. The largest absolute Gasteiger partial charge is 0.454 e. The molecule has 0 bridgehead atoms. The molecular weight excluding hydrogens is 278 g/mol. The number of nitrogens with one attached hydrogen (secondary N) is 1. The maximum Gasteiger partial charge on any atom is 0.243 e. The topological polar surface area (TPSA) is 47.6 Å². The van der Waals surface area contributed by atoms with E-state index in [0.717, 1.165) is 30.0 Å². The zero-order valence-electron chi connectivity index (χ0n) is 13.0. The van der Waals surface area contributed by atoms with Crippen LogP contribution in [-0.4, -0.2) is 19.2 Å². The Hall–Kier alpha value is -2.23. The minimum Gasteiger partial charge on any atom is -0.454 e. The van der Waals surface area contributed by atoms with E-state index >= 15 is 0 Å². The summed E-state index contributed by atoms with van der Waals surface area (Å²) >= 11 is 0. The summed E-state index contributed by atoms with van der Waals surface area (Å²) in [6.45, 7) is 3.20. The molecule has 2 rings (SSSR count). The fourth-order valence-electron chi connectivity index (χ4n) is 2.15. The van der Waals surface area contributed by atoms with Gasteiger partial charge in [0.15, 0.2) is 11.5 Å². The van der Waals surface area contributed by atoms with Gasteiger partial charge in [0.25, 0.3) is 0 Å². The van der Waals surface area contributed by atoms with Gasteiger partial charge in [-0.05, 0) is 24.1 Å². The second kappa shape index (κ2) is 8.93. The highest BCUT2D eigenvalue weighted by molar-refractivity contribution is 5.87. The predicted molar refractivity (Wildman–Crippen MR) is 87.9 cm³/mol. The number of carbonyl (C=O) groups excluding carboxylic acids is 1. The Bertz CT molecular complexity index is 549. The van der Waals surface area contributed by atoms with Crippen molar-refractivity contribution >= 4 is 12.0 Å². The number of rotatable bonds is 8. The molecule has 0 aliphatic carbocycles. The predicted octanol–water partition coefficient (Wildman–Crippen LogP) is 3.68. The second-order valence-electron chi connectivity index (χ2n) is 5.18. The maximum atomic E-state index is 11.6. The summed E-state index contributed by atoms with van der Waals surface area (Å²) in [6, 6.07) is 5.75. The van der Waals surface area contributed by atoms with E-state index in [9.17, 15) is 4.79 Å². The van der Waals surface area contributed by atoms with Crippen LogP contribution in [0, 0.1) is 0 Å². The molecule has 1 aliphatic rings. The van der Waals surface area contributed by atoms with Gasteiger partial charge in [-0.1, -0.05) is 50.5 Å². The Balaban J connectivity index is 1.71. The second-order valence-corrected chi connectivity index (χ2v) is 5.18. The highest BCUT2D eigenvalue weighted by atomic mass is 16.7. The van der Waals surface area contributed by atoms with Crippen LogP contribution in [0.3, 0.4) is 0 Å². The highest BCUT2D eigenvalue weighted by Gasteiger charge is 2.11. The minimum atomic E-state index is -0.0492. The Kier molecular flexibility index (Phi) is 6.55. The number of ether oxygens (including phenoxy) is 2. The van der Waals surface area contributed by atoms with Crippen LogP contribution in [0.1, 0.15) is 38.2 Å². The lowest BCUT2D eigenvalue weighted by atomic mass is 10.2. The summed E-state index contributed by atoms with van der Waals surface area (Å²) in [4.78, 5) is 11.6. The molecule has 4 heteroatoms. The normalized spacial score (nSPS) is 13.1. The molecule has 1 amide bonds. The molecule has 0 spiro atoms. The molecule has 0 saturated carbocycles. The fraction of sp³-hybridized carbons (Fsp3) is 0.389. The molecule has 118 valence electrons. The third-order valence-corrected chi connectivity index (χ3v) is 3.37. The smallest absolute Gasteiger partial charge is 0.243 e. The highest BCUT2D eigenvalue weighted by Crippen LogP contribution is 2.32. The molecule has 0 saturated heterocycles. The first kappa shape index (κ1) is 16.1. The van der Waals surface area contributed by atoms with Gasteiger partial charge in [0, 0.05) is 12.6 Å². The SMILES string of the molecule is CCCCCCNC(=O)/C=C/C=C/c1ccc2c(c1)OCO2. The van der Waals surface area contributed by atoms with Crippen molar-refractivity contribution in [2.45, 2.75) is 32.6 Å². The fourth-order valence-corrected chi connectivity index (χ4v) is 2.15. The summed E-state index contributed by atoms with van der Waals surface area (Å²) in [5, 5.41) is 2.88. The van der Waals surface area contributed by atoms with Gasteiger partial charge in [0.2, 0.25) is 12.7 Å². The molecule has 0 unspecified atom stereocenters. The van der Waals surface area contributed by atoms with Crippen molar-refractivity contribution in [2.24, 2.45) is 0 Å². The van der Waals surface area contributed by atoms with Gasteiger partial charge in [-0.2, -0.15) is 0 Å². The van der Waals surface area contributed by atoms with Gasteiger partial charge in [-0.15, -0.1) is 0 Å². The molecule has 1 aromatic carbocycles. The number of allylic oxidation sites excluding steroid dienone is 2. The van der Waals surface area contributed by atoms with E-state index in [-0.39, 0.29) is 12.7 Å². The minimum absolute atomic E-state index is 0.0492. The number of fused-ring (bicyclic) bond motifs is 1. The van der Waals surface area contributed by atoms with Gasteiger partial charge in [0.1, 0.15) is 0 Å². The van der Waals surface area contributed by atoms with E-state index in [2.05, 4.69) is 12.2 Å². The van der Waals surface area contributed by atoms with Gasteiger partial charge < -0.3 is 14.8 Å². The average Bonchev–Trinajstić information content (AvgIpc) is 2.99. The first-order valence-electron chi connectivity index (χ1n) is 7.82.